The first-order valence-corrected chi connectivity index (χ1v) is 8.46. The molecular formula is C18H16ClN3S. The van der Waals surface area contributed by atoms with E-state index >= 15 is 0 Å². The van der Waals surface area contributed by atoms with Crippen LogP contribution in [0.3, 0.4) is 0 Å². The Kier molecular flexibility index (Phi) is 4.74. The van der Waals surface area contributed by atoms with Gasteiger partial charge in [0.2, 0.25) is 5.13 Å². The highest BCUT2D eigenvalue weighted by atomic mass is 35.5. The van der Waals surface area contributed by atoms with Crippen LogP contribution in [0.5, 0.6) is 0 Å². The molecule has 1 aromatic heterocycles. The van der Waals surface area contributed by atoms with E-state index in [1.807, 2.05) is 61.7 Å². The first-order chi connectivity index (χ1) is 11.1. The summed E-state index contributed by atoms with van der Waals surface area (Å²) in [6, 6.07) is 14.1. The summed E-state index contributed by atoms with van der Waals surface area (Å²) in [5.41, 5.74) is 8.22. The Morgan fingerprint density at radius 2 is 1.91 bits per heavy atom. The Hall–Kier alpha value is -2.17. The van der Waals surface area contributed by atoms with Crippen molar-refractivity contribution < 1.29 is 0 Å². The number of aryl methyl sites for hydroxylation is 2. The molecule has 0 radical (unpaired) electrons. The lowest BCUT2D eigenvalue weighted by molar-refractivity contribution is 1.28. The monoisotopic (exact) mass is 341 g/mol. The Bertz CT molecular complexity index is 841. The van der Waals surface area contributed by atoms with E-state index in [-0.39, 0.29) is 0 Å². The fourth-order valence-corrected chi connectivity index (χ4v) is 3.05. The lowest BCUT2D eigenvalue weighted by atomic mass is 10.1. The molecule has 0 aliphatic carbocycles. The lowest BCUT2D eigenvalue weighted by Crippen LogP contribution is -1.93. The molecule has 0 unspecified atom stereocenters. The summed E-state index contributed by atoms with van der Waals surface area (Å²) in [5.74, 6) is 0. The summed E-state index contributed by atoms with van der Waals surface area (Å²) in [6.07, 6.45) is 1.79. The minimum absolute atomic E-state index is 0.767. The van der Waals surface area contributed by atoms with Crippen molar-refractivity contribution in [2.24, 2.45) is 5.10 Å². The number of hydrogen-bond donors (Lipinski definition) is 1. The second kappa shape index (κ2) is 6.94. The topological polar surface area (TPSA) is 37.3 Å². The molecule has 116 valence electrons. The zero-order chi connectivity index (χ0) is 16.2. The van der Waals surface area contributed by atoms with Crippen LogP contribution in [-0.2, 0) is 0 Å². The summed E-state index contributed by atoms with van der Waals surface area (Å²) in [7, 11) is 0. The fraction of sp³-hybridized carbons (Fsp3) is 0.111. The molecule has 1 heterocycles. The van der Waals surface area contributed by atoms with E-state index in [0.717, 1.165) is 38.1 Å². The van der Waals surface area contributed by atoms with Gasteiger partial charge >= 0.3 is 0 Å². The molecule has 0 saturated carbocycles. The molecule has 0 bridgehead atoms. The van der Waals surface area contributed by atoms with Crippen molar-refractivity contribution in [2.45, 2.75) is 13.8 Å². The van der Waals surface area contributed by atoms with E-state index in [2.05, 4.69) is 15.5 Å². The minimum Gasteiger partial charge on any atom is -0.253 e. The number of benzene rings is 2. The van der Waals surface area contributed by atoms with Gasteiger partial charge in [-0.15, -0.1) is 11.3 Å². The van der Waals surface area contributed by atoms with Gasteiger partial charge in [-0.05, 0) is 42.7 Å². The number of hydrogen-bond acceptors (Lipinski definition) is 4. The summed E-state index contributed by atoms with van der Waals surface area (Å²) in [4.78, 5) is 4.54. The van der Waals surface area contributed by atoms with Crippen LogP contribution in [0.4, 0.5) is 5.13 Å². The second-order valence-electron chi connectivity index (χ2n) is 5.23. The third-order valence-electron chi connectivity index (χ3n) is 3.48. The van der Waals surface area contributed by atoms with Crippen LogP contribution in [0.2, 0.25) is 5.02 Å². The molecule has 3 nitrogen and oxygen atoms in total. The summed E-state index contributed by atoms with van der Waals surface area (Å²) in [5, 5.41) is 7.84. The molecule has 0 atom stereocenters. The van der Waals surface area contributed by atoms with Crippen LogP contribution in [0, 0.1) is 13.8 Å². The van der Waals surface area contributed by atoms with E-state index in [1.165, 1.54) is 11.3 Å². The zero-order valence-corrected chi connectivity index (χ0v) is 14.4. The van der Waals surface area contributed by atoms with Crippen molar-refractivity contribution >= 4 is 34.3 Å². The third-order valence-corrected chi connectivity index (χ3v) is 4.64. The number of aromatic nitrogens is 1. The predicted molar refractivity (Wildman–Crippen MR) is 99.7 cm³/mol. The number of nitrogens with zero attached hydrogens (tertiary/aromatic N) is 2. The highest BCUT2D eigenvalue weighted by Crippen LogP contribution is 2.24. The molecule has 23 heavy (non-hydrogen) atoms. The van der Waals surface area contributed by atoms with Gasteiger partial charge in [0, 0.05) is 16.0 Å². The van der Waals surface area contributed by atoms with Gasteiger partial charge in [0.25, 0.3) is 0 Å². The van der Waals surface area contributed by atoms with Crippen LogP contribution in [0.25, 0.3) is 11.3 Å². The van der Waals surface area contributed by atoms with Crippen molar-refractivity contribution in [3.63, 3.8) is 0 Å². The van der Waals surface area contributed by atoms with Crippen molar-refractivity contribution in [1.82, 2.24) is 4.98 Å². The van der Waals surface area contributed by atoms with E-state index < -0.39 is 0 Å². The zero-order valence-electron chi connectivity index (χ0n) is 12.9. The number of halogens is 1. The fourth-order valence-electron chi connectivity index (χ4n) is 2.17. The van der Waals surface area contributed by atoms with E-state index in [0.29, 0.717) is 0 Å². The van der Waals surface area contributed by atoms with Gasteiger partial charge in [-0.2, -0.15) is 5.10 Å². The highest BCUT2D eigenvalue weighted by Gasteiger charge is 2.03. The van der Waals surface area contributed by atoms with Crippen LogP contribution in [-0.4, -0.2) is 11.2 Å². The Morgan fingerprint density at radius 1 is 1.13 bits per heavy atom. The minimum atomic E-state index is 0.767. The van der Waals surface area contributed by atoms with Crippen LogP contribution in [0.1, 0.15) is 16.7 Å². The summed E-state index contributed by atoms with van der Waals surface area (Å²) >= 11 is 7.64. The van der Waals surface area contributed by atoms with Crippen molar-refractivity contribution in [3.05, 3.63) is 69.6 Å². The van der Waals surface area contributed by atoms with E-state index in [4.69, 9.17) is 11.6 Å². The highest BCUT2D eigenvalue weighted by molar-refractivity contribution is 7.14. The molecule has 0 spiro atoms. The average molecular weight is 342 g/mol. The van der Waals surface area contributed by atoms with Gasteiger partial charge in [-0.25, -0.2) is 4.98 Å². The van der Waals surface area contributed by atoms with Gasteiger partial charge in [-0.1, -0.05) is 41.9 Å². The van der Waals surface area contributed by atoms with Gasteiger partial charge < -0.3 is 0 Å². The maximum absolute atomic E-state index is 6.11. The Labute approximate surface area is 144 Å². The van der Waals surface area contributed by atoms with Crippen LogP contribution >= 0.6 is 22.9 Å². The summed E-state index contributed by atoms with van der Waals surface area (Å²) < 4.78 is 0. The quantitative estimate of drug-likeness (QED) is 0.500. The maximum Gasteiger partial charge on any atom is 0.203 e. The lowest BCUT2D eigenvalue weighted by Gasteiger charge is -2.04. The molecule has 1 N–H and O–H groups in total. The standard InChI is InChI=1S/C18H16ClN3S/c1-12-9-16(19)13(2)8-15(12)10-20-22-18-21-17(11-23-18)14-6-4-3-5-7-14/h3-11H,1-2H3,(H,21,22). The van der Waals surface area contributed by atoms with Crippen molar-refractivity contribution in [2.75, 3.05) is 5.43 Å². The van der Waals surface area contributed by atoms with E-state index in [1.54, 1.807) is 6.21 Å². The summed E-state index contributed by atoms with van der Waals surface area (Å²) in [6.45, 7) is 4.00. The van der Waals surface area contributed by atoms with Gasteiger partial charge in [0.15, 0.2) is 0 Å². The largest absolute Gasteiger partial charge is 0.253 e. The molecular weight excluding hydrogens is 326 g/mol. The number of nitrogens with one attached hydrogen (secondary N) is 1. The van der Waals surface area contributed by atoms with Crippen LogP contribution in [0.15, 0.2) is 52.9 Å². The van der Waals surface area contributed by atoms with Gasteiger partial charge in [-0.3, -0.25) is 5.43 Å². The molecule has 0 aliphatic heterocycles. The SMILES string of the molecule is Cc1cc(C=NNc2nc(-c3ccccc3)cs2)c(C)cc1Cl. The average Bonchev–Trinajstić information content (AvgIpc) is 3.02. The molecule has 0 aliphatic rings. The maximum atomic E-state index is 6.11. The molecule has 3 aromatic rings. The predicted octanol–water partition coefficient (Wildman–Crippen LogP) is 5.53. The molecule has 5 heteroatoms. The van der Waals surface area contributed by atoms with Crippen molar-refractivity contribution in [3.8, 4) is 11.3 Å². The smallest absolute Gasteiger partial charge is 0.203 e. The van der Waals surface area contributed by atoms with Crippen LogP contribution < -0.4 is 5.43 Å². The Morgan fingerprint density at radius 3 is 2.70 bits per heavy atom. The van der Waals surface area contributed by atoms with Gasteiger partial charge in [0.1, 0.15) is 0 Å². The number of anilines is 1. The first-order valence-electron chi connectivity index (χ1n) is 7.20. The van der Waals surface area contributed by atoms with E-state index in [9.17, 15) is 0 Å². The first kappa shape index (κ1) is 15.7. The van der Waals surface area contributed by atoms with Gasteiger partial charge in [0.05, 0.1) is 11.9 Å². The van der Waals surface area contributed by atoms with Crippen molar-refractivity contribution in [1.29, 1.82) is 0 Å². The Balaban J connectivity index is 1.72. The molecule has 0 amide bonds. The third kappa shape index (κ3) is 3.78. The molecule has 0 saturated heterocycles. The number of hydrazone groups is 1. The molecule has 2 aromatic carbocycles. The normalized spacial score (nSPS) is 11.1. The molecule has 0 fully saturated rings. The molecule has 3 rings (SSSR count). The number of thiazole rings is 1. The second-order valence-corrected chi connectivity index (χ2v) is 6.50. The number of rotatable bonds is 4.